The lowest BCUT2D eigenvalue weighted by Gasteiger charge is -2.04. The zero-order valence-electron chi connectivity index (χ0n) is 9.31. The summed E-state index contributed by atoms with van der Waals surface area (Å²) in [6.45, 7) is 0.895. The molecule has 90 valence electrons. The summed E-state index contributed by atoms with van der Waals surface area (Å²) in [6, 6.07) is 5.44. The molecule has 2 aromatic rings. The topological polar surface area (TPSA) is 55.6 Å². The van der Waals surface area contributed by atoms with Gasteiger partial charge in [-0.2, -0.15) is 0 Å². The molecule has 0 saturated heterocycles. The monoisotopic (exact) mass is 253 g/mol. The number of rotatable bonds is 4. The van der Waals surface area contributed by atoms with Crippen LogP contribution in [0.25, 0.3) is 5.65 Å². The van der Waals surface area contributed by atoms with E-state index < -0.39 is 0 Å². The van der Waals surface area contributed by atoms with Gasteiger partial charge in [-0.05, 0) is 12.1 Å². The van der Waals surface area contributed by atoms with Crippen LogP contribution < -0.4 is 5.32 Å². The highest BCUT2D eigenvalue weighted by molar-refractivity contribution is 6.32. The Morgan fingerprint density at radius 3 is 3.18 bits per heavy atom. The average Bonchev–Trinajstić information content (AvgIpc) is 2.65. The summed E-state index contributed by atoms with van der Waals surface area (Å²) in [4.78, 5) is 16.0. The van der Waals surface area contributed by atoms with Crippen LogP contribution in [0.3, 0.4) is 0 Å². The van der Waals surface area contributed by atoms with Gasteiger partial charge in [0.05, 0.1) is 6.61 Å². The molecule has 0 saturated carbocycles. The van der Waals surface area contributed by atoms with E-state index in [4.69, 9.17) is 16.3 Å². The SMILES string of the molecule is COCCNC(=O)c1c(Cl)nc2ccccn12. The summed E-state index contributed by atoms with van der Waals surface area (Å²) in [5, 5.41) is 2.91. The quantitative estimate of drug-likeness (QED) is 0.838. The van der Waals surface area contributed by atoms with Crippen LogP contribution in [0, 0.1) is 0 Å². The lowest BCUT2D eigenvalue weighted by Crippen LogP contribution is -2.28. The predicted molar refractivity (Wildman–Crippen MR) is 64.4 cm³/mol. The van der Waals surface area contributed by atoms with E-state index in [1.54, 1.807) is 23.8 Å². The van der Waals surface area contributed by atoms with Crippen LogP contribution in [-0.2, 0) is 4.74 Å². The molecule has 2 aromatic heterocycles. The normalized spacial score (nSPS) is 10.7. The summed E-state index contributed by atoms with van der Waals surface area (Å²) in [7, 11) is 1.58. The number of pyridine rings is 1. The second-order valence-corrected chi connectivity index (χ2v) is 3.79. The fraction of sp³-hybridized carbons (Fsp3) is 0.273. The third kappa shape index (κ3) is 2.40. The number of carbonyl (C=O) groups is 1. The molecule has 0 radical (unpaired) electrons. The maximum absolute atomic E-state index is 11.9. The van der Waals surface area contributed by atoms with Crippen molar-refractivity contribution >= 4 is 23.2 Å². The smallest absolute Gasteiger partial charge is 0.271 e. The first-order chi connectivity index (χ1) is 8.24. The van der Waals surface area contributed by atoms with Crippen molar-refractivity contribution in [2.45, 2.75) is 0 Å². The van der Waals surface area contributed by atoms with Crippen molar-refractivity contribution < 1.29 is 9.53 Å². The number of amides is 1. The predicted octanol–water partition coefficient (Wildman–Crippen LogP) is 1.36. The van der Waals surface area contributed by atoms with Crippen molar-refractivity contribution in [3.8, 4) is 0 Å². The second kappa shape index (κ2) is 5.16. The van der Waals surface area contributed by atoms with Gasteiger partial charge in [0.1, 0.15) is 5.65 Å². The summed E-state index contributed by atoms with van der Waals surface area (Å²) in [6.07, 6.45) is 1.75. The van der Waals surface area contributed by atoms with Gasteiger partial charge in [0.2, 0.25) is 0 Å². The fourth-order valence-electron chi connectivity index (χ4n) is 1.52. The van der Waals surface area contributed by atoms with Gasteiger partial charge in [0.25, 0.3) is 5.91 Å². The van der Waals surface area contributed by atoms with Crippen LogP contribution in [-0.4, -0.2) is 35.6 Å². The molecule has 0 aliphatic rings. The maximum Gasteiger partial charge on any atom is 0.271 e. The van der Waals surface area contributed by atoms with Crippen molar-refractivity contribution in [3.05, 3.63) is 35.2 Å². The van der Waals surface area contributed by atoms with Crippen LogP contribution in [0.15, 0.2) is 24.4 Å². The Bertz CT molecular complexity index is 538. The lowest BCUT2D eigenvalue weighted by molar-refractivity contribution is 0.0931. The van der Waals surface area contributed by atoms with Gasteiger partial charge < -0.3 is 10.1 Å². The van der Waals surface area contributed by atoms with E-state index in [1.165, 1.54) is 0 Å². The molecule has 17 heavy (non-hydrogen) atoms. The number of halogens is 1. The van der Waals surface area contributed by atoms with Gasteiger partial charge in [-0.1, -0.05) is 17.7 Å². The van der Waals surface area contributed by atoms with Gasteiger partial charge in [-0.25, -0.2) is 4.98 Å². The minimum atomic E-state index is -0.259. The van der Waals surface area contributed by atoms with E-state index in [0.29, 0.717) is 24.5 Å². The number of carbonyl (C=O) groups excluding carboxylic acids is 1. The number of hydrogen-bond donors (Lipinski definition) is 1. The molecular formula is C11H12ClN3O2. The average molecular weight is 254 g/mol. The molecule has 2 heterocycles. The molecule has 0 aliphatic heterocycles. The molecule has 0 fully saturated rings. The van der Waals surface area contributed by atoms with Crippen LogP contribution in [0.5, 0.6) is 0 Å². The third-order valence-corrected chi connectivity index (χ3v) is 2.56. The minimum absolute atomic E-state index is 0.200. The third-order valence-electron chi connectivity index (χ3n) is 2.29. The Labute approximate surface area is 103 Å². The number of methoxy groups -OCH3 is 1. The first-order valence-corrected chi connectivity index (χ1v) is 5.51. The van der Waals surface area contributed by atoms with Gasteiger partial charge in [-0.15, -0.1) is 0 Å². The Morgan fingerprint density at radius 1 is 1.59 bits per heavy atom. The lowest BCUT2D eigenvalue weighted by atomic mass is 10.4. The van der Waals surface area contributed by atoms with Crippen molar-refractivity contribution in [2.24, 2.45) is 0 Å². The van der Waals surface area contributed by atoms with E-state index in [2.05, 4.69) is 10.3 Å². The standard InChI is InChI=1S/C11H12ClN3O2/c1-17-7-5-13-11(16)9-10(12)14-8-4-2-3-6-15(8)9/h2-4,6H,5,7H2,1H3,(H,13,16). The molecule has 0 unspecified atom stereocenters. The molecule has 1 N–H and O–H groups in total. The second-order valence-electron chi connectivity index (χ2n) is 3.43. The summed E-state index contributed by atoms with van der Waals surface area (Å²) in [5.74, 6) is -0.259. The number of hydrogen-bond acceptors (Lipinski definition) is 3. The highest BCUT2D eigenvalue weighted by Gasteiger charge is 2.16. The first-order valence-electron chi connectivity index (χ1n) is 5.13. The number of aromatic nitrogens is 2. The number of ether oxygens (including phenoxy) is 1. The Kier molecular flexibility index (Phi) is 3.61. The van der Waals surface area contributed by atoms with Crippen molar-refractivity contribution in [3.63, 3.8) is 0 Å². The largest absolute Gasteiger partial charge is 0.383 e. The number of imidazole rings is 1. The van der Waals surface area contributed by atoms with Crippen LogP contribution >= 0.6 is 11.6 Å². The maximum atomic E-state index is 11.9. The Morgan fingerprint density at radius 2 is 2.41 bits per heavy atom. The number of fused-ring (bicyclic) bond motifs is 1. The number of nitrogens with zero attached hydrogens (tertiary/aromatic N) is 2. The molecular weight excluding hydrogens is 242 g/mol. The summed E-state index contributed by atoms with van der Waals surface area (Å²) >= 11 is 5.95. The molecule has 1 amide bonds. The molecule has 0 aromatic carbocycles. The molecule has 0 aliphatic carbocycles. The van der Waals surface area contributed by atoms with Crippen molar-refractivity contribution in [1.29, 1.82) is 0 Å². The van der Waals surface area contributed by atoms with Gasteiger partial charge in [0.15, 0.2) is 10.8 Å². The summed E-state index contributed by atoms with van der Waals surface area (Å²) < 4.78 is 6.51. The van der Waals surface area contributed by atoms with E-state index in [9.17, 15) is 4.79 Å². The van der Waals surface area contributed by atoms with E-state index in [0.717, 1.165) is 0 Å². The highest BCUT2D eigenvalue weighted by atomic mass is 35.5. The van der Waals surface area contributed by atoms with Gasteiger partial charge >= 0.3 is 0 Å². The van der Waals surface area contributed by atoms with Crippen molar-refractivity contribution in [1.82, 2.24) is 14.7 Å². The number of nitrogens with one attached hydrogen (secondary N) is 1. The molecule has 5 nitrogen and oxygen atoms in total. The van der Waals surface area contributed by atoms with Crippen LogP contribution in [0.1, 0.15) is 10.5 Å². The van der Waals surface area contributed by atoms with Crippen molar-refractivity contribution in [2.75, 3.05) is 20.3 Å². The fourth-order valence-corrected chi connectivity index (χ4v) is 1.78. The van der Waals surface area contributed by atoms with Gasteiger partial charge in [-0.3, -0.25) is 9.20 Å². The molecule has 0 bridgehead atoms. The zero-order valence-corrected chi connectivity index (χ0v) is 10.1. The Balaban J connectivity index is 2.28. The zero-order chi connectivity index (χ0) is 12.3. The Hall–Kier alpha value is -1.59. The van der Waals surface area contributed by atoms with Crippen LogP contribution in [0.2, 0.25) is 5.15 Å². The highest BCUT2D eigenvalue weighted by Crippen LogP contribution is 2.17. The first kappa shape index (κ1) is 11.9. The molecule has 0 spiro atoms. The van der Waals surface area contributed by atoms with E-state index >= 15 is 0 Å². The molecule has 6 heteroatoms. The van der Waals surface area contributed by atoms with E-state index in [1.807, 2.05) is 12.1 Å². The van der Waals surface area contributed by atoms with Crippen LogP contribution in [0.4, 0.5) is 0 Å². The van der Waals surface area contributed by atoms with E-state index in [-0.39, 0.29) is 11.1 Å². The minimum Gasteiger partial charge on any atom is -0.383 e. The van der Waals surface area contributed by atoms with Gasteiger partial charge in [0, 0.05) is 19.9 Å². The summed E-state index contributed by atoms with van der Waals surface area (Å²) in [5.41, 5.74) is 0.993. The molecule has 0 atom stereocenters. The molecule has 2 rings (SSSR count).